The van der Waals surface area contributed by atoms with Crippen LogP contribution in [0.25, 0.3) is 0 Å². The van der Waals surface area contributed by atoms with Gasteiger partial charge in [0, 0.05) is 5.69 Å². The lowest BCUT2D eigenvalue weighted by Gasteiger charge is -2.04. The number of hydrogen-bond acceptors (Lipinski definition) is 3. The van der Waals surface area contributed by atoms with E-state index >= 15 is 0 Å². The fourth-order valence-corrected chi connectivity index (χ4v) is 1.93. The summed E-state index contributed by atoms with van der Waals surface area (Å²) in [5.41, 5.74) is 2.51. The quantitative estimate of drug-likeness (QED) is 0.545. The van der Waals surface area contributed by atoms with E-state index in [1.54, 1.807) is 0 Å². The Morgan fingerprint density at radius 1 is 1.57 bits per heavy atom. The molecule has 1 aromatic rings. The third-order valence-electron chi connectivity index (χ3n) is 1.72. The second kappa shape index (κ2) is 4.69. The Balaban J connectivity index is 3.14. The average molecular weight is 202 g/mol. The van der Waals surface area contributed by atoms with E-state index < -0.39 is 0 Å². The molecule has 0 saturated heterocycles. The van der Waals surface area contributed by atoms with Crippen molar-refractivity contribution in [3.63, 3.8) is 0 Å². The van der Waals surface area contributed by atoms with E-state index in [2.05, 4.69) is 17.0 Å². The van der Waals surface area contributed by atoms with E-state index in [-0.39, 0.29) is 0 Å². The zero-order valence-corrected chi connectivity index (χ0v) is 8.98. The number of rotatable bonds is 2. The van der Waals surface area contributed by atoms with Crippen LogP contribution in [-0.4, -0.2) is 10.7 Å². The van der Waals surface area contributed by atoms with E-state index in [4.69, 9.17) is 11.7 Å². The molecule has 14 heavy (non-hydrogen) atoms. The Morgan fingerprint density at radius 3 is 2.86 bits per heavy atom. The summed E-state index contributed by atoms with van der Waals surface area (Å²) in [6, 6.07) is 4.05. The normalized spacial score (nSPS) is 9.14. The van der Waals surface area contributed by atoms with Crippen molar-refractivity contribution in [3.05, 3.63) is 22.9 Å². The fraction of sp³-hybridized carbons (Fsp3) is 0.273. The van der Waals surface area contributed by atoms with E-state index in [0.717, 1.165) is 16.3 Å². The highest BCUT2D eigenvalue weighted by molar-refractivity contribution is 7.99. The van der Waals surface area contributed by atoms with Gasteiger partial charge in [-0.1, -0.05) is 17.7 Å². The molecule has 1 heterocycles. The Labute approximate surface area is 88.4 Å². The third kappa shape index (κ3) is 2.28. The van der Waals surface area contributed by atoms with Gasteiger partial charge in [0.1, 0.15) is 11.1 Å². The van der Waals surface area contributed by atoms with Crippen LogP contribution in [-0.2, 0) is 0 Å². The number of thioether (sulfide) groups is 1. The summed E-state index contributed by atoms with van der Waals surface area (Å²) in [4.78, 5) is 4.29. The molecule has 0 amide bonds. The van der Waals surface area contributed by atoms with Gasteiger partial charge in [-0.2, -0.15) is 5.26 Å². The van der Waals surface area contributed by atoms with Gasteiger partial charge >= 0.3 is 0 Å². The van der Waals surface area contributed by atoms with Crippen molar-refractivity contribution in [2.75, 3.05) is 5.75 Å². The minimum absolute atomic E-state index is 0.546. The molecular formula is C11H10N2S. The third-order valence-corrected chi connectivity index (χ3v) is 2.60. The molecule has 0 aromatic carbocycles. The second-order valence-electron chi connectivity index (χ2n) is 2.87. The van der Waals surface area contributed by atoms with Crippen molar-refractivity contribution in [2.24, 2.45) is 0 Å². The molecule has 0 spiro atoms. The number of aromatic nitrogens is 1. The fourth-order valence-electron chi connectivity index (χ4n) is 1.15. The Bertz CT molecular complexity index is 424. The highest BCUT2D eigenvalue weighted by atomic mass is 32.2. The maximum absolute atomic E-state index is 8.93. The van der Waals surface area contributed by atoms with Crippen molar-refractivity contribution in [2.45, 2.75) is 18.9 Å². The van der Waals surface area contributed by atoms with Crippen LogP contribution in [0.2, 0.25) is 0 Å². The summed E-state index contributed by atoms with van der Waals surface area (Å²) in [5, 5.41) is 9.67. The van der Waals surface area contributed by atoms with Crippen molar-refractivity contribution in [1.29, 1.82) is 5.26 Å². The van der Waals surface area contributed by atoms with E-state index in [1.165, 1.54) is 11.8 Å². The highest BCUT2D eigenvalue weighted by Gasteiger charge is 2.07. The first-order valence-corrected chi connectivity index (χ1v) is 5.12. The van der Waals surface area contributed by atoms with E-state index in [0.29, 0.717) is 11.3 Å². The smallest absolute Gasteiger partial charge is 0.115 e. The summed E-state index contributed by atoms with van der Waals surface area (Å²) in [5.74, 6) is 3.07. The Kier molecular flexibility index (Phi) is 3.56. The van der Waals surface area contributed by atoms with Gasteiger partial charge in [-0.15, -0.1) is 6.42 Å². The number of aryl methyl sites for hydroxylation is 2. The van der Waals surface area contributed by atoms with Crippen molar-refractivity contribution in [1.82, 2.24) is 4.98 Å². The van der Waals surface area contributed by atoms with E-state index in [1.807, 2.05) is 19.9 Å². The number of terminal acetylenes is 1. The molecule has 2 nitrogen and oxygen atoms in total. The summed E-state index contributed by atoms with van der Waals surface area (Å²) < 4.78 is 0. The Morgan fingerprint density at radius 2 is 2.29 bits per heavy atom. The molecule has 1 aromatic heterocycles. The van der Waals surface area contributed by atoms with Crippen molar-refractivity contribution in [3.8, 4) is 18.4 Å². The first-order valence-electron chi connectivity index (χ1n) is 4.13. The molecule has 3 heteroatoms. The zero-order valence-electron chi connectivity index (χ0n) is 8.16. The molecule has 0 atom stereocenters. The Hall–Kier alpha value is -1.45. The van der Waals surface area contributed by atoms with Gasteiger partial charge < -0.3 is 0 Å². The molecule has 0 aliphatic heterocycles. The molecule has 70 valence electrons. The van der Waals surface area contributed by atoms with Crippen LogP contribution in [0.4, 0.5) is 0 Å². The zero-order chi connectivity index (χ0) is 10.6. The number of nitriles is 1. The van der Waals surface area contributed by atoms with Gasteiger partial charge in [0.05, 0.1) is 11.3 Å². The SMILES string of the molecule is C#CCSc1nc(C)cc(C)c1C#N. The van der Waals surface area contributed by atoms with Crippen molar-refractivity contribution < 1.29 is 0 Å². The minimum Gasteiger partial charge on any atom is -0.245 e. The van der Waals surface area contributed by atoms with Gasteiger partial charge in [0.2, 0.25) is 0 Å². The molecule has 1 rings (SSSR count). The number of nitrogens with zero attached hydrogens (tertiary/aromatic N) is 2. The molecule has 0 aliphatic carbocycles. The first kappa shape index (κ1) is 10.6. The molecule has 0 saturated carbocycles. The summed E-state index contributed by atoms with van der Waals surface area (Å²) in [7, 11) is 0. The van der Waals surface area contributed by atoms with Crippen LogP contribution < -0.4 is 0 Å². The standard InChI is InChI=1S/C11H10N2S/c1-4-5-14-11-10(7-12)8(2)6-9(3)13-11/h1,6H,5H2,2-3H3. The van der Waals surface area contributed by atoms with Gasteiger partial charge in [-0.25, -0.2) is 4.98 Å². The molecule has 0 aliphatic rings. The summed E-state index contributed by atoms with van der Waals surface area (Å²) in [6.07, 6.45) is 5.16. The van der Waals surface area contributed by atoms with Gasteiger partial charge in [-0.3, -0.25) is 0 Å². The minimum atomic E-state index is 0.546. The molecule has 0 N–H and O–H groups in total. The maximum Gasteiger partial charge on any atom is 0.115 e. The maximum atomic E-state index is 8.93. The van der Waals surface area contributed by atoms with E-state index in [9.17, 15) is 0 Å². The largest absolute Gasteiger partial charge is 0.245 e. The lowest BCUT2D eigenvalue weighted by molar-refractivity contribution is 1.03. The van der Waals surface area contributed by atoms with Crippen molar-refractivity contribution >= 4 is 11.8 Å². The molecule has 0 fully saturated rings. The molecule has 0 bridgehead atoms. The summed E-state index contributed by atoms with van der Waals surface area (Å²) in [6.45, 7) is 3.82. The van der Waals surface area contributed by atoms with Gasteiger partial charge in [0.15, 0.2) is 0 Å². The molecule has 0 unspecified atom stereocenters. The van der Waals surface area contributed by atoms with Crippen LogP contribution in [0.3, 0.4) is 0 Å². The number of hydrogen-bond donors (Lipinski definition) is 0. The molecular weight excluding hydrogens is 192 g/mol. The van der Waals surface area contributed by atoms with Crippen LogP contribution in [0, 0.1) is 37.5 Å². The molecule has 0 radical (unpaired) electrons. The lowest BCUT2D eigenvalue weighted by atomic mass is 10.1. The average Bonchev–Trinajstić information content (AvgIpc) is 2.14. The summed E-state index contributed by atoms with van der Waals surface area (Å²) >= 11 is 1.43. The van der Waals surface area contributed by atoms with Gasteiger partial charge in [-0.05, 0) is 25.5 Å². The predicted molar refractivity (Wildman–Crippen MR) is 58.0 cm³/mol. The van der Waals surface area contributed by atoms with Crippen LogP contribution in [0.15, 0.2) is 11.1 Å². The van der Waals surface area contributed by atoms with Crippen LogP contribution >= 0.6 is 11.8 Å². The van der Waals surface area contributed by atoms with Gasteiger partial charge in [0.25, 0.3) is 0 Å². The highest BCUT2D eigenvalue weighted by Crippen LogP contribution is 2.22. The predicted octanol–water partition coefficient (Wildman–Crippen LogP) is 2.30. The lowest BCUT2D eigenvalue weighted by Crippen LogP contribution is -1.94. The van der Waals surface area contributed by atoms with Crippen LogP contribution in [0.1, 0.15) is 16.8 Å². The number of pyridine rings is 1. The second-order valence-corrected chi connectivity index (χ2v) is 3.83. The monoisotopic (exact) mass is 202 g/mol. The topological polar surface area (TPSA) is 36.7 Å². The first-order chi connectivity index (χ1) is 6.69. The van der Waals surface area contributed by atoms with Crippen LogP contribution in [0.5, 0.6) is 0 Å².